The van der Waals surface area contributed by atoms with Gasteiger partial charge < -0.3 is 24.7 Å². The SMILES string of the molecule is CN(C)CCCn1c(NC(=O)c2ccc3cc4n(c3c2)CCCNCCCNC4=O)nc2ccccc21. The molecule has 0 unspecified atom stereocenters. The summed E-state index contributed by atoms with van der Waals surface area (Å²) < 4.78 is 4.11. The van der Waals surface area contributed by atoms with Gasteiger partial charge >= 0.3 is 0 Å². The number of para-hydroxylation sites is 2. The topological polar surface area (TPSA) is 96.2 Å². The molecule has 0 fully saturated rings. The maximum atomic E-state index is 13.4. The first-order valence-corrected chi connectivity index (χ1v) is 13.0. The number of nitrogens with one attached hydrogen (secondary N) is 3. The highest BCUT2D eigenvalue weighted by Gasteiger charge is 2.19. The number of anilines is 1. The molecule has 0 saturated carbocycles. The van der Waals surface area contributed by atoms with Crippen molar-refractivity contribution in [1.82, 2.24) is 29.7 Å². The first-order valence-electron chi connectivity index (χ1n) is 13.0. The number of fused-ring (bicyclic) bond motifs is 4. The lowest BCUT2D eigenvalue weighted by Crippen LogP contribution is -2.27. The van der Waals surface area contributed by atoms with Gasteiger partial charge in [0.1, 0.15) is 5.69 Å². The second-order valence-corrected chi connectivity index (χ2v) is 9.85. The van der Waals surface area contributed by atoms with Crippen LogP contribution < -0.4 is 16.0 Å². The van der Waals surface area contributed by atoms with Crippen molar-refractivity contribution in [2.45, 2.75) is 32.4 Å². The number of hydrogen-bond acceptors (Lipinski definition) is 5. The number of amides is 2. The Bertz CT molecular complexity index is 1420. The number of carbonyl (C=O) groups is 2. The van der Waals surface area contributed by atoms with Crippen molar-refractivity contribution >= 4 is 39.7 Å². The molecule has 1 aliphatic heterocycles. The van der Waals surface area contributed by atoms with Crippen molar-refractivity contribution in [3.05, 3.63) is 59.8 Å². The Balaban J connectivity index is 1.44. The highest BCUT2D eigenvalue weighted by molar-refractivity contribution is 6.07. The number of hydrogen-bond donors (Lipinski definition) is 3. The third-order valence-electron chi connectivity index (χ3n) is 6.82. The molecule has 9 nitrogen and oxygen atoms in total. The summed E-state index contributed by atoms with van der Waals surface area (Å²) in [7, 11) is 4.11. The van der Waals surface area contributed by atoms with Crippen molar-refractivity contribution in [3.63, 3.8) is 0 Å². The first kappa shape index (κ1) is 25.0. The number of benzene rings is 2. The third-order valence-corrected chi connectivity index (χ3v) is 6.82. The molecule has 0 saturated heterocycles. The van der Waals surface area contributed by atoms with Gasteiger partial charge in [-0.15, -0.1) is 0 Å². The van der Waals surface area contributed by atoms with E-state index in [4.69, 9.17) is 4.98 Å². The van der Waals surface area contributed by atoms with Crippen LogP contribution in [0.4, 0.5) is 5.95 Å². The molecule has 37 heavy (non-hydrogen) atoms. The molecular weight excluding hydrogens is 466 g/mol. The van der Waals surface area contributed by atoms with Crippen LogP contribution in [-0.4, -0.2) is 71.1 Å². The molecule has 2 aromatic carbocycles. The van der Waals surface area contributed by atoms with Crippen LogP contribution in [0, 0.1) is 0 Å². The second kappa shape index (κ2) is 11.1. The molecule has 3 heterocycles. The summed E-state index contributed by atoms with van der Waals surface area (Å²) in [5, 5.41) is 10.4. The Morgan fingerprint density at radius 1 is 1.05 bits per heavy atom. The molecule has 0 bridgehead atoms. The minimum atomic E-state index is -0.218. The lowest BCUT2D eigenvalue weighted by molar-refractivity contribution is 0.0944. The van der Waals surface area contributed by atoms with Crippen molar-refractivity contribution in [3.8, 4) is 0 Å². The van der Waals surface area contributed by atoms with Crippen LogP contribution in [0.25, 0.3) is 21.9 Å². The largest absolute Gasteiger partial charge is 0.351 e. The maximum Gasteiger partial charge on any atom is 0.267 e. The zero-order valence-electron chi connectivity index (χ0n) is 21.6. The quantitative estimate of drug-likeness (QED) is 0.377. The fourth-order valence-corrected chi connectivity index (χ4v) is 4.93. The summed E-state index contributed by atoms with van der Waals surface area (Å²) >= 11 is 0. The number of rotatable bonds is 6. The molecular formula is C28H35N7O2. The van der Waals surface area contributed by atoms with E-state index in [0.717, 1.165) is 67.4 Å². The minimum Gasteiger partial charge on any atom is -0.351 e. The summed E-state index contributed by atoms with van der Waals surface area (Å²) in [6.45, 7) is 4.81. The third kappa shape index (κ3) is 5.52. The van der Waals surface area contributed by atoms with Crippen LogP contribution in [0.1, 0.15) is 40.1 Å². The number of aromatic nitrogens is 3. The minimum absolute atomic E-state index is 0.0736. The number of imidazole rings is 1. The maximum absolute atomic E-state index is 13.4. The fourth-order valence-electron chi connectivity index (χ4n) is 4.93. The van der Waals surface area contributed by atoms with Crippen LogP contribution in [0.5, 0.6) is 0 Å². The van der Waals surface area contributed by atoms with E-state index in [0.29, 0.717) is 30.3 Å². The van der Waals surface area contributed by atoms with Crippen molar-refractivity contribution < 1.29 is 9.59 Å². The van der Waals surface area contributed by atoms with Crippen LogP contribution in [0.2, 0.25) is 0 Å². The van der Waals surface area contributed by atoms with Crippen LogP contribution in [0.15, 0.2) is 48.5 Å². The Labute approximate surface area is 216 Å². The van der Waals surface area contributed by atoms with Crippen molar-refractivity contribution in [1.29, 1.82) is 0 Å². The molecule has 9 heteroatoms. The van der Waals surface area contributed by atoms with E-state index in [1.807, 2.05) is 53.1 Å². The predicted molar refractivity (Wildman–Crippen MR) is 147 cm³/mol. The van der Waals surface area contributed by atoms with Gasteiger partial charge in [0.05, 0.1) is 11.0 Å². The van der Waals surface area contributed by atoms with Gasteiger partial charge in [0.25, 0.3) is 11.8 Å². The van der Waals surface area contributed by atoms with Gasteiger partial charge in [-0.25, -0.2) is 4.98 Å². The number of carbonyl (C=O) groups excluding carboxylic acids is 2. The molecule has 0 spiro atoms. The molecule has 1 aliphatic rings. The summed E-state index contributed by atoms with van der Waals surface area (Å²) in [5.74, 6) is 0.255. The lowest BCUT2D eigenvalue weighted by atomic mass is 10.1. The Hall–Kier alpha value is -3.69. The average Bonchev–Trinajstić information content (AvgIpc) is 3.41. The normalized spacial score (nSPS) is 14.9. The Kier molecular flexibility index (Phi) is 7.52. The van der Waals surface area contributed by atoms with E-state index in [1.54, 1.807) is 0 Å². The molecule has 5 rings (SSSR count). The van der Waals surface area contributed by atoms with Gasteiger partial charge in [0, 0.05) is 36.1 Å². The van der Waals surface area contributed by atoms with Crippen molar-refractivity contribution in [2.24, 2.45) is 0 Å². The molecule has 0 radical (unpaired) electrons. The van der Waals surface area contributed by atoms with Crippen LogP contribution in [0.3, 0.4) is 0 Å². The molecule has 2 amide bonds. The van der Waals surface area contributed by atoms with E-state index in [1.165, 1.54) is 0 Å². The van der Waals surface area contributed by atoms with Gasteiger partial charge in [-0.2, -0.15) is 0 Å². The van der Waals surface area contributed by atoms with E-state index in [9.17, 15) is 9.59 Å². The van der Waals surface area contributed by atoms with Crippen LogP contribution >= 0.6 is 0 Å². The standard InChI is InChI=1S/C28H35N7O2/c1-33(2)15-7-17-35-23-9-4-3-8-22(23)31-28(35)32-26(36)21-11-10-20-18-25-27(37)30-14-5-12-29-13-6-16-34(25)24(20)19-21/h3-4,8-11,18-19,29H,5-7,12-17H2,1-2H3,(H,30,37)(H,31,32,36). The van der Waals surface area contributed by atoms with E-state index >= 15 is 0 Å². The smallest absolute Gasteiger partial charge is 0.267 e. The molecule has 0 atom stereocenters. The molecule has 0 aliphatic carbocycles. The van der Waals surface area contributed by atoms with Crippen LogP contribution in [-0.2, 0) is 13.1 Å². The van der Waals surface area contributed by atoms with Gasteiger partial charge in [-0.1, -0.05) is 18.2 Å². The van der Waals surface area contributed by atoms with Crippen molar-refractivity contribution in [2.75, 3.05) is 45.6 Å². The molecule has 3 N–H and O–H groups in total. The average molecular weight is 502 g/mol. The molecule has 2 aromatic heterocycles. The monoisotopic (exact) mass is 501 g/mol. The zero-order chi connectivity index (χ0) is 25.8. The molecule has 4 aromatic rings. The zero-order valence-corrected chi connectivity index (χ0v) is 21.6. The molecule has 194 valence electrons. The summed E-state index contributed by atoms with van der Waals surface area (Å²) in [5.41, 5.74) is 3.91. The lowest BCUT2D eigenvalue weighted by Gasteiger charge is -2.13. The fraction of sp³-hybridized carbons (Fsp3) is 0.393. The van der Waals surface area contributed by atoms with E-state index in [-0.39, 0.29) is 11.8 Å². The summed E-state index contributed by atoms with van der Waals surface area (Å²) in [6.07, 6.45) is 2.74. The summed E-state index contributed by atoms with van der Waals surface area (Å²) in [4.78, 5) is 33.2. The number of nitrogens with zero attached hydrogens (tertiary/aromatic N) is 4. The van der Waals surface area contributed by atoms with Gasteiger partial charge in [0.2, 0.25) is 5.95 Å². The van der Waals surface area contributed by atoms with Gasteiger partial charge in [-0.3, -0.25) is 14.9 Å². The number of aryl methyl sites for hydroxylation is 2. The van der Waals surface area contributed by atoms with Gasteiger partial charge in [0.15, 0.2) is 0 Å². The highest BCUT2D eigenvalue weighted by Crippen LogP contribution is 2.24. The first-order chi connectivity index (χ1) is 18.0. The summed E-state index contributed by atoms with van der Waals surface area (Å²) in [6, 6.07) is 15.5. The van der Waals surface area contributed by atoms with E-state index in [2.05, 4.69) is 39.5 Å². The van der Waals surface area contributed by atoms with E-state index < -0.39 is 0 Å². The Morgan fingerprint density at radius 3 is 2.76 bits per heavy atom. The Morgan fingerprint density at radius 2 is 1.89 bits per heavy atom. The predicted octanol–water partition coefficient (Wildman–Crippen LogP) is 3.31. The van der Waals surface area contributed by atoms with Gasteiger partial charge in [-0.05, 0) is 83.3 Å². The second-order valence-electron chi connectivity index (χ2n) is 9.85. The highest BCUT2D eigenvalue weighted by atomic mass is 16.2.